The van der Waals surface area contributed by atoms with E-state index in [0.717, 1.165) is 27.5 Å². The van der Waals surface area contributed by atoms with Crippen molar-refractivity contribution < 1.29 is 9.47 Å². The Labute approximate surface area is 179 Å². The molecule has 156 valence electrons. The number of aryl methyl sites for hydroxylation is 1. The molecular formula is C24H22N4O3. The van der Waals surface area contributed by atoms with E-state index in [4.69, 9.17) is 9.47 Å². The lowest BCUT2D eigenvalue weighted by Gasteiger charge is -2.16. The van der Waals surface area contributed by atoms with Crippen molar-refractivity contribution in [1.29, 1.82) is 5.26 Å². The number of pyridine rings is 2. The van der Waals surface area contributed by atoms with Crippen molar-refractivity contribution in [3.8, 4) is 17.6 Å². The van der Waals surface area contributed by atoms with E-state index in [2.05, 4.69) is 21.4 Å². The maximum atomic E-state index is 11.9. The molecule has 2 aromatic heterocycles. The average molecular weight is 414 g/mol. The molecule has 2 N–H and O–H groups in total. The van der Waals surface area contributed by atoms with Crippen LogP contribution in [0.4, 0.5) is 11.4 Å². The third kappa shape index (κ3) is 3.88. The monoisotopic (exact) mass is 414 g/mol. The van der Waals surface area contributed by atoms with Gasteiger partial charge in [-0.2, -0.15) is 5.26 Å². The second-order valence-electron chi connectivity index (χ2n) is 7.04. The molecule has 0 spiro atoms. The number of hydrogen-bond acceptors (Lipinski definition) is 6. The van der Waals surface area contributed by atoms with Crippen molar-refractivity contribution in [1.82, 2.24) is 9.97 Å². The summed E-state index contributed by atoms with van der Waals surface area (Å²) in [5.74, 6) is 1.20. The predicted octanol–water partition coefficient (Wildman–Crippen LogP) is 4.80. The van der Waals surface area contributed by atoms with Crippen LogP contribution in [-0.4, -0.2) is 23.2 Å². The Morgan fingerprint density at radius 1 is 1.06 bits per heavy atom. The van der Waals surface area contributed by atoms with Gasteiger partial charge in [-0.15, -0.1) is 0 Å². The summed E-state index contributed by atoms with van der Waals surface area (Å²) in [5.41, 5.74) is 3.91. The van der Waals surface area contributed by atoms with Gasteiger partial charge in [0.05, 0.1) is 35.5 Å². The van der Waals surface area contributed by atoms with Gasteiger partial charge in [-0.1, -0.05) is 6.07 Å². The lowest BCUT2D eigenvalue weighted by atomic mass is 10.1. The fourth-order valence-electron chi connectivity index (χ4n) is 3.61. The number of nitrogens with zero attached hydrogens (tertiary/aromatic N) is 2. The summed E-state index contributed by atoms with van der Waals surface area (Å²) in [5, 5.41) is 14.7. The minimum absolute atomic E-state index is 0.154. The van der Waals surface area contributed by atoms with Crippen molar-refractivity contribution >= 4 is 33.2 Å². The van der Waals surface area contributed by atoms with E-state index in [-0.39, 0.29) is 5.56 Å². The summed E-state index contributed by atoms with van der Waals surface area (Å²) in [6, 6.07) is 13.1. The molecule has 0 bridgehead atoms. The number of aromatic amines is 1. The highest BCUT2D eigenvalue weighted by Gasteiger charge is 2.15. The van der Waals surface area contributed by atoms with E-state index < -0.39 is 0 Å². The van der Waals surface area contributed by atoms with Crippen LogP contribution in [0.5, 0.6) is 11.5 Å². The van der Waals surface area contributed by atoms with Gasteiger partial charge in [-0.3, -0.25) is 9.78 Å². The summed E-state index contributed by atoms with van der Waals surface area (Å²) >= 11 is 0. The Morgan fingerprint density at radius 2 is 1.81 bits per heavy atom. The van der Waals surface area contributed by atoms with Crippen molar-refractivity contribution in [3.05, 3.63) is 64.1 Å². The normalized spacial score (nSPS) is 10.8. The van der Waals surface area contributed by atoms with E-state index in [1.807, 2.05) is 51.1 Å². The Balaban J connectivity index is 1.87. The molecule has 7 nitrogen and oxygen atoms in total. The van der Waals surface area contributed by atoms with Crippen LogP contribution in [0, 0.1) is 18.3 Å². The summed E-state index contributed by atoms with van der Waals surface area (Å²) in [4.78, 5) is 19.2. The molecule has 31 heavy (non-hydrogen) atoms. The van der Waals surface area contributed by atoms with E-state index in [9.17, 15) is 10.1 Å². The van der Waals surface area contributed by atoms with Crippen molar-refractivity contribution in [2.24, 2.45) is 0 Å². The van der Waals surface area contributed by atoms with Gasteiger partial charge in [0.25, 0.3) is 0 Å². The number of benzene rings is 2. The fourth-order valence-corrected chi connectivity index (χ4v) is 3.61. The largest absolute Gasteiger partial charge is 0.490 e. The summed E-state index contributed by atoms with van der Waals surface area (Å²) in [6.07, 6.45) is 1.54. The maximum absolute atomic E-state index is 11.9. The molecule has 0 radical (unpaired) electrons. The zero-order chi connectivity index (χ0) is 22.0. The quantitative estimate of drug-likeness (QED) is 0.470. The minimum Gasteiger partial charge on any atom is -0.490 e. The Bertz CT molecular complexity index is 1390. The van der Waals surface area contributed by atoms with Crippen molar-refractivity contribution in [2.75, 3.05) is 18.5 Å². The highest BCUT2D eigenvalue weighted by Crippen LogP contribution is 2.37. The first-order valence-electron chi connectivity index (χ1n) is 10.1. The SMILES string of the molecule is CCOc1cc2ncc(C#N)c(Nc3ccc4c(C)cc(=O)[nH]c4c3)c2cc1OCC. The van der Waals surface area contributed by atoms with Crippen molar-refractivity contribution in [2.45, 2.75) is 20.8 Å². The summed E-state index contributed by atoms with van der Waals surface area (Å²) in [7, 11) is 0. The molecule has 4 aromatic rings. The zero-order valence-electron chi connectivity index (χ0n) is 17.6. The van der Waals surface area contributed by atoms with Gasteiger partial charge in [0.15, 0.2) is 11.5 Å². The van der Waals surface area contributed by atoms with E-state index in [0.29, 0.717) is 41.5 Å². The molecule has 0 saturated heterocycles. The van der Waals surface area contributed by atoms with Crippen LogP contribution >= 0.6 is 0 Å². The number of rotatable bonds is 6. The summed E-state index contributed by atoms with van der Waals surface area (Å²) < 4.78 is 11.5. The number of nitriles is 1. The van der Waals surface area contributed by atoms with E-state index in [1.165, 1.54) is 6.20 Å². The summed E-state index contributed by atoms with van der Waals surface area (Å²) in [6.45, 7) is 6.70. The fraction of sp³-hybridized carbons (Fsp3) is 0.208. The molecule has 0 amide bonds. The second kappa shape index (κ2) is 8.36. The van der Waals surface area contributed by atoms with Gasteiger partial charge in [0.2, 0.25) is 5.56 Å². The minimum atomic E-state index is -0.154. The number of aromatic nitrogens is 2. The first-order chi connectivity index (χ1) is 15.0. The number of hydrogen-bond donors (Lipinski definition) is 2. The van der Waals surface area contributed by atoms with Crippen LogP contribution in [0.2, 0.25) is 0 Å². The van der Waals surface area contributed by atoms with Gasteiger partial charge in [-0.05, 0) is 44.5 Å². The second-order valence-corrected chi connectivity index (χ2v) is 7.04. The lowest BCUT2D eigenvalue weighted by Crippen LogP contribution is -2.05. The Hall–Kier alpha value is -4.05. The number of nitrogens with one attached hydrogen (secondary N) is 2. The topological polar surface area (TPSA) is 100 Å². The molecule has 0 saturated carbocycles. The number of anilines is 2. The number of fused-ring (bicyclic) bond motifs is 2. The average Bonchev–Trinajstić information content (AvgIpc) is 2.74. The smallest absolute Gasteiger partial charge is 0.248 e. The molecule has 0 aliphatic rings. The molecule has 0 fully saturated rings. The highest BCUT2D eigenvalue weighted by atomic mass is 16.5. The first kappa shape index (κ1) is 20.2. The molecule has 0 unspecified atom stereocenters. The predicted molar refractivity (Wildman–Crippen MR) is 121 cm³/mol. The van der Waals surface area contributed by atoms with Crippen LogP contribution in [0.1, 0.15) is 25.0 Å². The zero-order valence-corrected chi connectivity index (χ0v) is 17.6. The molecule has 0 aliphatic carbocycles. The van der Waals surface area contributed by atoms with Crippen LogP contribution in [0.15, 0.2) is 47.4 Å². The standard InChI is InChI=1S/C24H22N4O3/c1-4-30-21-10-18-19(11-22(21)31-5-2)26-13-15(12-25)24(18)27-16-6-7-17-14(3)8-23(29)28-20(17)9-16/h6-11,13H,4-5H2,1-3H3,(H,26,27)(H,28,29). The van der Waals surface area contributed by atoms with Gasteiger partial charge in [0.1, 0.15) is 6.07 Å². The van der Waals surface area contributed by atoms with Crippen LogP contribution in [-0.2, 0) is 0 Å². The van der Waals surface area contributed by atoms with Gasteiger partial charge in [0, 0.05) is 34.8 Å². The van der Waals surface area contributed by atoms with E-state index in [1.54, 1.807) is 6.07 Å². The third-order valence-corrected chi connectivity index (χ3v) is 4.97. The Kier molecular flexibility index (Phi) is 5.46. The molecule has 2 aromatic carbocycles. The maximum Gasteiger partial charge on any atom is 0.248 e. The lowest BCUT2D eigenvalue weighted by molar-refractivity contribution is 0.288. The van der Waals surface area contributed by atoms with Gasteiger partial charge in [-0.25, -0.2) is 0 Å². The van der Waals surface area contributed by atoms with Crippen LogP contribution in [0.25, 0.3) is 21.8 Å². The molecule has 0 atom stereocenters. The third-order valence-electron chi connectivity index (χ3n) is 4.97. The van der Waals surface area contributed by atoms with Crippen LogP contribution < -0.4 is 20.3 Å². The first-order valence-corrected chi connectivity index (χ1v) is 10.1. The number of ether oxygens (including phenoxy) is 2. The number of H-pyrrole nitrogens is 1. The molecule has 2 heterocycles. The highest BCUT2D eigenvalue weighted by molar-refractivity contribution is 5.98. The van der Waals surface area contributed by atoms with Crippen molar-refractivity contribution in [3.63, 3.8) is 0 Å². The molecule has 0 aliphatic heterocycles. The van der Waals surface area contributed by atoms with E-state index >= 15 is 0 Å². The Morgan fingerprint density at radius 3 is 2.52 bits per heavy atom. The van der Waals surface area contributed by atoms with Crippen LogP contribution in [0.3, 0.4) is 0 Å². The van der Waals surface area contributed by atoms with Gasteiger partial charge < -0.3 is 19.8 Å². The van der Waals surface area contributed by atoms with Gasteiger partial charge >= 0.3 is 0 Å². The molecule has 4 rings (SSSR count). The molecule has 7 heteroatoms. The molecular weight excluding hydrogens is 392 g/mol.